The molecule has 4 atom stereocenters. The summed E-state index contributed by atoms with van der Waals surface area (Å²) in [4.78, 5) is 46.7. The average Bonchev–Trinajstić information content (AvgIpc) is 2.55. The van der Waals surface area contributed by atoms with Gasteiger partial charge < -0.3 is 9.47 Å². The fourth-order valence-corrected chi connectivity index (χ4v) is 3.75. The van der Waals surface area contributed by atoms with Gasteiger partial charge in [-0.25, -0.2) is 0 Å². The van der Waals surface area contributed by atoms with Crippen LogP contribution in [0.2, 0.25) is 0 Å². The zero-order valence-corrected chi connectivity index (χ0v) is 9.31. The molecule has 0 aromatic carbocycles. The van der Waals surface area contributed by atoms with E-state index in [-0.39, 0.29) is 6.42 Å². The van der Waals surface area contributed by atoms with Gasteiger partial charge in [0, 0.05) is 0 Å². The van der Waals surface area contributed by atoms with Crippen LogP contribution in [0.15, 0.2) is 0 Å². The monoisotopic (exact) mass is 238 g/mol. The van der Waals surface area contributed by atoms with E-state index >= 15 is 0 Å². The predicted molar refractivity (Wildman–Crippen MR) is 50.0 cm³/mol. The molecular formula is C11H10O6. The van der Waals surface area contributed by atoms with Gasteiger partial charge in [0.15, 0.2) is 0 Å². The molecule has 1 saturated carbocycles. The molecule has 0 spiro atoms. The van der Waals surface area contributed by atoms with Gasteiger partial charge in [0.2, 0.25) is 0 Å². The van der Waals surface area contributed by atoms with Crippen LogP contribution in [-0.2, 0) is 28.7 Å². The summed E-state index contributed by atoms with van der Waals surface area (Å²) in [5.41, 5.74) is -2.41. The van der Waals surface area contributed by atoms with Crippen molar-refractivity contribution in [3.63, 3.8) is 0 Å². The molecule has 0 N–H and O–H groups in total. The van der Waals surface area contributed by atoms with Crippen molar-refractivity contribution in [3.8, 4) is 0 Å². The van der Waals surface area contributed by atoms with Crippen LogP contribution in [0.3, 0.4) is 0 Å². The molecule has 3 aliphatic rings. The van der Waals surface area contributed by atoms with E-state index in [4.69, 9.17) is 0 Å². The summed E-state index contributed by atoms with van der Waals surface area (Å²) in [6.45, 7) is 3.19. The summed E-state index contributed by atoms with van der Waals surface area (Å²) < 4.78 is 9.18. The Hall–Kier alpha value is -1.72. The third kappa shape index (κ3) is 0.759. The Morgan fingerprint density at radius 1 is 1.00 bits per heavy atom. The maximum atomic E-state index is 11.8. The van der Waals surface area contributed by atoms with E-state index in [2.05, 4.69) is 9.47 Å². The summed E-state index contributed by atoms with van der Waals surface area (Å²) in [5, 5.41) is 0. The molecule has 2 aliphatic heterocycles. The van der Waals surface area contributed by atoms with E-state index < -0.39 is 46.5 Å². The normalized spacial score (nSPS) is 47.2. The molecule has 4 unspecified atom stereocenters. The van der Waals surface area contributed by atoms with Crippen molar-refractivity contribution in [3.05, 3.63) is 0 Å². The zero-order valence-electron chi connectivity index (χ0n) is 9.31. The first-order chi connectivity index (χ1) is 7.90. The van der Waals surface area contributed by atoms with E-state index in [1.807, 2.05) is 0 Å². The maximum Gasteiger partial charge on any atom is 0.321 e. The lowest BCUT2D eigenvalue weighted by atomic mass is 9.40. The van der Waals surface area contributed by atoms with Crippen molar-refractivity contribution < 1.29 is 28.7 Å². The zero-order chi connectivity index (χ0) is 12.6. The van der Waals surface area contributed by atoms with Gasteiger partial charge in [0.1, 0.15) is 0 Å². The van der Waals surface area contributed by atoms with Gasteiger partial charge in [0.25, 0.3) is 0 Å². The highest BCUT2D eigenvalue weighted by molar-refractivity contribution is 6.14. The molecule has 6 nitrogen and oxygen atoms in total. The van der Waals surface area contributed by atoms with Gasteiger partial charge >= 0.3 is 23.9 Å². The van der Waals surface area contributed by atoms with Gasteiger partial charge in [-0.15, -0.1) is 0 Å². The lowest BCUT2D eigenvalue weighted by Crippen LogP contribution is -2.66. The Balaban J connectivity index is 2.21. The summed E-state index contributed by atoms with van der Waals surface area (Å²) in [6, 6.07) is 0. The number of ether oxygens (including phenoxy) is 2. The fraction of sp³-hybridized carbons (Fsp3) is 0.636. The van der Waals surface area contributed by atoms with Crippen LogP contribution in [0.25, 0.3) is 0 Å². The van der Waals surface area contributed by atoms with E-state index in [9.17, 15) is 19.2 Å². The lowest BCUT2D eigenvalue weighted by molar-refractivity contribution is -0.184. The number of carbonyl (C=O) groups is 4. The minimum absolute atomic E-state index is 0.283. The van der Waals surface area contributed by atoms with Crippen LogP contribution in [-0.4, -0.2) is 23.9 Å². The molecular weight excluding hydrogens is 228 g/mol. The third-order valence-electron chi connectivity index (χ3n) is 4.49. The molecule has 2 saturated heterocycles. The van der Waals surface area contributed by atoms with Crippen molar-refractivity contribution in [1.82, 2.24) is 0 Å². The van der Waals surface area contributed by atoms with Gasteiger partial charge in [-0.3, -0.25) is 19.2 Å². The number of cyclic esters (lactones) is 4. The Bertz CT molecular complexity index is 474. The fourth-order valence-electron chi connectivity index (χ4n) is 3.75. The van der Waals surface area contributed by atoms with Crippen molar-refractivity contribution in [1.29, 1.82) is 0 Å². The minimum atomic E-state index is -1.23. The van der Waals surface area contributed by atoms with Gasteiger partial charge in [-0.05, 0) is 13.3 Å². The molecule has 17 heavy (non-hydrogen) atoms. The number of hydrogen-bond donors (Lipinski definition) is 0. The van der Waals surface area contributed by atoms with Crippen LogP contribution in [0.1, 0.15) is 20.3 Å². The van der Waals surface area contributed by atoms with Gasteiger partial charge in [-0.2, -0.15) is 0 Å². The summed E-state index contributed by atoms with van der Waals surface area (Å²) in [7, 11) is 0. The Kier molecular flexibility index (Phi) is 1.58. The SMILES string of the molecule is CCC12C(=O)OC(=O)C1C1(C)C(=O)OC(=O)C12. The molecule has 1 aliphatic carbocycles. The number of hydrogen-bond acceptors (Lipinski definition) is 6. The van der Waals surface area contributed by atoms with Crippen molar-refractivity contribution in [2.75, 3.05) is 0 Å². The average molecular weight is 238 g/mol. The molecule has 90 valence electrons. The second kappa shape index (κ2) is 2.57. The lowest BCUT2D eigenvalue weighted by Gasteiger charge is -2.52. The smallest absolute Gasteiger partial charge is 0.321 e. The molecule has 0 amide bonds. The summed E-state index contributed by atoms with van der Waals surface area (Å²) >= 11 is 0. The standard InChI is InChI=1S/C11H10O6/c1-3-11-4-6(12)16-8(14)10(4,2)5(11)7(13)17-9(11)15/h4-5H,3H2,1-2H3. The maximum absolute atomic E-state index is 11.8. The topological polar surface area (TPSA) is 86.7 Å². The minimum Gasteiger partial charge on any atom is -0.392 e. The summed E-state index contributed by atoms with van der Waals surface area (Å²) in [5.74, 6) is -4.63. The number of esters is 4. The van der Waals surface area contributed by atoms with Crippen LogP contribution in [0, 0.1) is 22.7 Å². The molecule has 6 heteroatoms. The Morgan fingerprint density at radius 3 is 1.94 bits per heavy atom. The Labute approximate surface area is 96.2 Å². The van der Waals surface area contributed by atoms with Gasteiger partial charge in [0.05, 0.1) is 22.7 Å². The highest BCUT2D eigenvalue weighted by atomic mass is 16.6. The van der Waals surface area contributed by atoms with Crippen molar-refractivity contribution >= 4 is 23.9 Å². The second-order valence-electron chi connectivity index (χ2n) is 4.96. The van der Waals surface area contributed by atoms with Crippen molar-refractivity contribution in [2.24, 2.45) is 22.7 Å². The van der Waals surface area contributed by atoms with Crippen molar-refractivity contribution in [2.45, 2.75) is 20.3 Å². The molecule has 0 aromatic rings. The first kappa shape index (κ1) is 10.4. The largest absolute Gasteiger partial charge is 0.392 e. The first-order valence-corrected chi connectivity index (χ1v) is 5.43. The molecule has 3 fully saturated rings. The predicted octanol–water partition coefficient (Wildman–Crippen LogP) is -0.198. The molecule has 0 bridgehead atoms. The number of rotatable bonds is 1. The van der Waals surface area contributed by atoms with Crippen LogP contribution < -0.4 is 0 Å². The van der Waals surface area contributed by atoms with Crippen LogP contribution in [0.4, 0.5) is 0 Å². The Morgan fingerprint density at radius 2 is 1.47 bits per heavy atom. The molecule has 0 radical (unpaired) electrons. The quantitative estimate of drug-likeness (QED) is 0.464. The van der Waals surface area contributed by atoms with E-state index in [1.54, 1.807) is 6.92 Å². The highest BCUT2D eigenvalue weighted by Gasteiger charge is 2.86. The van der Waals surface area contributed by atoms with E-state index in [0.29, 0.717) is 0 Å². The molecule has 3 rings (SSSR count). The summed E-state index contributed by atoms with van der Waals surface area (Å²) in [6.07, 6.45) is 0.283. The first-order valence-electron chi connectivity index (χ1n) is 5.43. The van der Waals surface area contributed by atoms with Crippen LogP contribution in [0.5, 0.6) is 0 Å². The molecule has 2 heterocycles. The third-order valence-corrected chi connectivity index (χ3v) is 4.49. The molecule has 0 aromatic heterocycles. The van der Waals surface area contributed by atoms with Gasteiger partial charge in [-0.1, -0.05) is 6.92 Å². The number of carbonyl (C=O) groups excluding carboxylic acids is 4. The van der Waals surface area contributed by atoms with E-state index in [0.717, 1.165) is 0 Å². The van der Waals surface area contributed by atoms with E-state index in [1.165, 1.54) is 6.92 Å². The highest BCUT2D eigenvalue weighted by Crippen LogP contribution is 2.71. The van der Waals surface area contributed by atoms with Crippen LogP contribution >= 0.6 is 0 Å². The number of fused-ring (bicyclic) bond motifs is 4. The second-order valence-corrected chi connectivity index (χ2v) is 4.96.